The number of rotatable bonds is 5. The highest BCUT2D eigenvalue weighted by Crippen LogP contribution is 2.26. The van der Waals surface area contributed by atoms with E-state index in [0.717, 1.165) is 22.4 Å². The second kappa shape index (κ2) is 8.23. The number of nitrogens with zero attached hydrogens (tertiary/aromatic N) is 3. The summed E-state index contributed by atoms with van der Waals surface area (Å²) >= 11 is 12.2. The molecule has 2 aromatic heterocycles. The third kappa shape index (κ3) is 4.11. The first kappa shape index (κ1) is 19.4. The standard InChI is InChI=1S/C22H18Cl2N4O/c1-14(26-22(29)19-7-4-5-11-25-19)21-27-18-6-2-3-8-20(18)28(21)13-15-9-10-16(23)17(24)12-15/h2-12,14H,13H2,1H3,(H,26,29). The Morgan fingerprint density at radius 2 is 1.86 bits per heavy atom. The van der Waals surface area contributed by atoms with Crippen LogP contribution in [0.2, 0.25) is 10.0 Å². The number of imidazole rings is 1. The first-order valence-electron chi connectivity index (χ1n) is 9.14. The lowest BCUT2D eigenvalue weighted by Crippen LogP contribution is -2.29. The molecule has 1 unspecified atom stereocenters. The van der Waals surface area contributed by atoms with Crippen LogP contribution in [-0.2, 0) is 6.54 Å². The topological polar surface area (TPSA) is 59.8 Å². The van der Waals surface area contributed by atoms with Gasteiger partial charge in [-0.3, -0.25) is 9.78 Å². The molecule has 5 nitrogen and oxygen atoms in total. The minimum atomic E-state index is -0.320. The Labute approximate surface area is 178 Å². The Kier molecular flexibility index (Phi) is 5.51. The predicted octanol–water partition coefficient (Wildman–Crippen LogP) is 5.28. The Bertz CT molecular complexity index is 1170. The van der Waals surface area contributed by atoms with Gasteiger partial charge in [-0.2, -0.15) is 0 Å². The molecule has 0 radical (unpaired) electrons. The fourth-order valence-electron chi connectivity index (χ4n) is 3.24. The van der Waals surface area contributed by atoms with Crippen molar-refractivity contribution in [3.05, 3.63) is 94.0 Å². The zero-order valence-corrected chi connectivity index (χ0v) is 17.2. The summed E-state index contributed by atoms with van der Waals surface area (Å²) in [4.78, 5) is 21.4. The van der Waals surface area contributed by atoms with Crippen molar-refractivity contribution in [3.63, 3.8) is 0 Å². The molecule has 0 aliphatic carbocycles. The van der Waals surface area contributed by atoms with Crippen molar-refractivity contribution in [1.29, 1.82) is 0 Å². The second-order valence-corrected chi connectivity index (χ2v) is 7.52. The van der Waals surface area contributed by atoms with Gasteiger partial charge in [0, 0.05) is 12.7 Å². The zero-order chi connectivity index (χ0) is 20.4. The maximum atomic E-state index is 12.6. The summed E-state index contributed by atoms with van der Waals surface area (Å²) in [5.41, 5.74) is 3.20. The largest absolute Gasteiger partial charge is 0.341 e. The number of fused-ring (bicyclic) bond motifs is 1. The molecule has 4 rings (SSSR count). The van der Waals surface area contributed by atoms with Crippen molar-refractivity contribution in [2.75, 3.05) is 0 Å². The van der Waals surface area contributed by atoms with E-state index >= 15 is 0 Å². The van der Waals surface area contributed by atoms with E-state index < -0.39 is 0 Å². The highest BCUT2D eigenvalue weighted by molar-refractivity contribution is 6.42. The molecule has 0 saturated heterocycles. The minimum Gasteiger partial charge on any atom is -0.341 e. The van der Waals surface area contributed by atoms with Gasteiger partial charge in [-0.15, -0.1) is 0 Å². The first-order chi connectivity index (χ1) is 14.0. The number of carbonyl (C=O) groups excluding carboxylic acids is 1. The Hall–Kier alpha value is -2.89. The van der Waals surface area contributed by atoms with Crippen LogP contribution in [0.4, 0.5) is 0 Å². The van der Waals surface area contributed by atoms with Gasteiger partial charge >= 0.3 is 0 Å². The molecule has 0 aliphatic rings. The van der Waals surface area contributed by atoms with E-state index in [9.17, 15) is 4.79 Å². The summed E-state index contributed by atoms with van der Waals surface area (Å²) in [6, 6.07) is 18.4. The molecule has 4 aromatic rings. The van der Waals surface area contributed by atoms with Crippen molar-refractivity contribution in [3.8, 4) is 0 Å². The van der Waals surface area contributed by atoms with Crippen LogP contribution in [0.5, 0.6) is 0 Å². The minimum absolute atomic E-state index is 0.244. The molecule has 7 heteroatoms. The van der Waals surface area contributed by atoms with Gasteiger partial charge in [0.25, 0.3) is 5.91 Å². The molecule has 0 saturated carbocycles. The summed E-state index contributed by atoms with van der Waals surface area (Å²) in [5, 5.41) is 4.01. The summed E-state index contributed by atoms with van der Waals surface area (Å²) in [5.74, 6) is 0.507. The summed E-state index contributed by atoms with van der Waals surface area (Å²) in [7, 11) is 0. The van der Waals surface area contributed by atoms with E-state index in [1.165, 1.54) is 0 Å². The maximum Gasteiger partial charge on any atom is 0.270 e. The van der Waals surface area contributed by atoms with Crippen LogP contribution in [0.15, 0.2) is 66.9 Å². The van der Waals surface area contributed by atoms with E-state index in [1.54, 1.807) is 30.5 Å². The molecule has 0 aliphatic heterocycles. The summed E-state index contributed by atoms with van der Waals surface area (Å²) in [6.07, 6.45) is 1.60. The third-order valence-corrected chi connectivity index (χ3v) is 5.38. The van der Waals surface area contributed by atoms with E-state index in [0.29, 0.717) is 22.3 Å². The first-order valence-corrected chi connectivity index (χ1v) is 9.89. The van der Waals surface area contributed by atoms with Gasteiger partial charge in [0.05, 0.1) is 27.1 Å². The number of carbonyl (C=O) groups is 1. The van der Waals surface area contributed by atoms with Crippen LogP contribution < -0.4 is 5.32 Å². The van der Waals surface area contributed by atoms with Crippen LogP contribution >= 0.6 is 23.2 Å². The lowest BCUT2D eigenvalue weighted by atomic mass is 10.2. The molecule has 2 heterocycles. The van der Waals surface area contributed by atoms with E-state index in [4.69, 9.17) is 28.2 Å². The number of hydrogen-bond acceptors (Lipinski definition) is 3. The van der Waals surface area contributed by atoms with Crippen LogP contribution in [0.25, 0.3) is 11.0 Å². The molecular weight excluding hydrogens is 407 g/mol. The average molecular weight is 425 g/mol. The third-order valence-electron chi connectivity index (χ3n) is 4.64. The van der Waals surface area contributed by atoms with Gasteiger partial charge in [-0.1, -0.05) is 47.5 Å². The van der Waals surface area contributed by atoms with E-state index in [1.807, 2.05) is 43.3 Å². The highest BCUT2D eigenvalue weighted by Gasteiger charge is 2.20. The van der Waals surface area contributed by atoms with Crippen LogP contribution in [0.3, 0.4) is 0 Å². The van der Waals surface area contributed by atoms with Crippen LogP contribution in [0, 0.1) is 0 Å². The van der Waals surface area contributed by atoms with Crippen molar-refractivity contribution in [2.45, 2.75) is 19.5 Å². The SMILES string of the molecule is CC(NC(=O)c1ccccn1)c1nc2ccccc2n1Cc1ccc(Cl)c(Cl)c1. The predicted molar refractivity (Wildman–Crippen MR) is 115 cm³/mol. The maximum absolute atomic E-state index is 12.6. The van der Waals surface area contributed by atoms with Gasteiger partial charge in [-0.05, 0) is 48.9 Å². The number of pyridine rings is 1. The quantitative estimate of drug-likeness (QED) is 0.474. The normalized spacial score (nSPS) is 12.1. The van der Waals surface area contributed by atoms with Gasteiger partial charge in [-0.25, -0.2) is 4.98 Å². The Morgan fingerprint density at radius 3 is 2.62 bits per heavy atom. The zero-order valence-electron chi connectivity index (χ0n) is 15.6. The molecule has 1 N–H and O–H groups in total. The van der Waals surface area contributed by atoms with Crippen molar-refractivity contribution >= 4 is 40.1 Å². The van der Waals surface area contributed by atoms with Crippen molar-refractivity contribution < 1.29 is 4.79 Å². The number of aromatic nitrogens is 3. The average Bonchev–Trinajstić information content (AvgIpc) is 3.10. The molecule has 2 aromatic carbocycles. The van der Waals surface area contributed by atoms with Gasteiger partial charge in [0.15, 0.2) is 0 Å². The highest BCUT2D eigenvalue weighted by atomic mass is 35.5. The number of nitrogens with one attached hydrogen (secondary N) is 1. The fraction of sp³-hybridized carbons (Fsp3) is 0.136. The van der Waals surface area contributed by atoms with Crippen molar-refractivity contribution in [2.24, 2.45) is 0 Å². The molecule has 1 atom stereocenters. The number of amides is 1. The molecule has 0 spiro atoms. The molecule has 146 valence electrons. The number of benzene rings is 2. The molecule has 0 fully saturated rings. The van der Waals surface area contributed by atoms with Gasteiger partial charge < -0.3 is 9.88 Å². The number of para-hydroxylation sites is 2. The lowest BCUT2D eigenvalue weighted by Gasteiger charge is -2.16. The Balaban J connectivity index is 1.69. The lowest BCUT2D eigenvalue weighted by molar-refractivity contribution is 0.0932. The monoisotopic (exact) mass is 424 g/mol. The molecule has 29 heavy (non-hydrogen) atoms. The fourth-order valence-corrected chi connectivity index (χ4v) is 3.56. The number of halogens is 2. The Morgan fingerprint density at radius 1 is 1.07 bits per heavy atom. The van der Waals surface area contributed by atoms with Crippen molar-refractivity contribution in [1.82, 2.24) is 19.9 Å². The second-order valence-electron chi connectivity index (χ2n) is 6.70. The number of hydrogen-bond donors (Lipinski definition) is 1. The van der Waals surface area contributed by atoms with E-state index in [-0.39, 0.29) is 11.9 Å². The summed E-state index contributed by atoms with van der Waals surface area (Å²) < 4.78 is 2.08. The summed E-state index contributed by atoms with van der Waals surface area (Å²) in [6.45, 7) is 2.46. The van der Waals surface area contributed by atoms with Crippen LogP contribution in [-0.4, -0.2) is 20.4 Å². The van der Waals surface area contributed by atoms with Crippen LogP contribution in [0.1, 0.15) is 34.8 Å². The van der Waals surface area contributed by atoms with E-state index in [2.05, 4.69) is 14.9 Å². The van der Waals surface area contributed by atoms with Gasteiger partial charge in [0.2, 0.25) is 0 Å². The van der Waals surface area contributed by atoms with Gasteiger partial charge in [0.1, 0.15) is 11.5 Å². The molecule has 0 bridgehead atoms. The molecular formula is C22H18Cl2N4O. The smallest absolute Gasteiger partial charge is 0.270 e. The molecule has 1 amide bonds.